The van der Waals surface area contributed by atoms with E-state index in [0.717, 1.165) is 82.6 Å². The molecule has 1 saturated heterocycles. The van der Waals surface area contributed by atoms with Crippen LogP contribution in [0.3, 0.4) is 0 Å². The molecule has 372 valence electrons. The number of benzene rings is 1. The molecule has 1 aromatic rings. The molecule has 7 rings (SSSR count). The molecule has 1 aliphatic heterocycles. The Hall–Kier alpha value is -3.82. The number of esters is 1. The van der Waals surface area contributed by atoms with Gasteiger partial charge in [0, 0.05) is 37.7 Å². The van der Waals surface area contributed by atoms with Gasteiger partial charge in [-0.3, -0.25) is 19.2 Å². The summed E-state index contributed by atoms with van der Waals surface area (Å²) in [7, 11) is 0. The predicted octanol–water partition coefficient (Wildman–Crippen LogP) is 11.9. The van der Waals surface area contributed by atoms with Crippen molar-refractivity contribution < 1.29 is 38.9 Å². The molecular formula is C57H86N2O8. The van der Waals surface area contributed by atoms with E-state index in [-0.39, 0.29) is 51.8 Å². The molecule has 5 aliphatic carbocycles. The normalized spacial score (nSPS) is 34.6. The minimum absolute atomic E-state index is 0.0575. The highest BCUT2D eigenvalue weighted by Gasteiger charge is 2.72. The Bertz CT molecular complexity index is 2050. The van der Waals surface area contributed by atoms with Gasteiger partial charge >= 0.3 is 11.9 Å². The number of carboxylic acid groups (broad SMARTS) is 1. The van der Waals surface area contributed by atoms with E-state index in [1.807, 2.05) is 4.90 Å². The number of allylic oxidation sites excluding steroid dienone is 1. The zero-order valence-corrected chi connectivity index (χ0v) is 42.9. The van der Waals surface area contributed by atoms with Crippen LogP contribution in [0.1, 0.15) is 177 Å². The van der Waals surface area contributed by atoms with Crippen molar-refractivity contribution in [3.8, 4) is 11.5 Å². The Morgan fingerprint density at radius 1 is 0.821 bits per heavy atom. The fourth-order valence-electron chi connectivity index (χ4n) is 15.9. The number of fused-ring (bicyclic) bond motifs is 7. The standard InChI is InChI=1S/C57H86N2O8/c1-11-12-13-14-15-16-35-66-43-36-39(17-20-42(43)60)18-22-47(61)58-31-33-59(34-32-58)50(63)57-28-23-40(38(2)3)49(57)41-19-21-45-54(8)26-25-46(67-48(62)37-52(4,5)51(64)65)53(6,7)44(54)24-27-56(45,10)55(41,9)29-30-57/h17-18,20,22,36,40-41,44-46,49,60H,2,11-16,19,21,23-35,37H2,1,3-10H3,(H,64,65)/b22-18+/t40-,41+,44-,45+,46-,49+,54-,55+,56+,57-/m0/s1. The molecule has 0 aromatic heterocycles. The summed E-state index contributed by atoms with van der Waals surface area (Å²) in [6, 6.07) is 5.20. The molecule has 67 heavy (non-hydrogen) atoms. The van der Waals surface area contributed by atoms with E-state index in [2.05, 4.69) is 59.9 Å². The van der Waals surface area contributed by atoms with Gasteiger partial charge in [-0.15, -0.1) is 0 Å². The number of carbonyl (C=O) groups excluding carboxylic acids is 3. The van der Waals surface area contributed by atoms with Crippen LogP contribution < -0.4 is 4.74 Å². The van der Waals surface area contributed by atoms with Crippen molar-refractivity contribution in [2.45, 2.75) is 178 Å². The average molecular weight is 927 g/mol. The first-order valence-electron chi connectivity index (χ1n) is 26.4. The molecule has 10 atom stereocenters. The first-order valence-corrected chi connectivity index (χ1v) is 26.4. The Kier molecular flexibility index (Phi) is 14.9. The van der Waals surface area contributed by atoms with E-state index in [0.29, 0.717) is 68.1 Å². The number of carboxylic acids is 1. The Morgan fingerprint density at radius 2 is 1.51 bits per heavy atom. The van der Waals surface area contributed by atoms with Crippen molar-refractivity contribution >= 4 is 29.8 Å². The van der Waals surface area contributed by atoms with Crippen LogP contribution in [0, 0.1) is 62.1 Å². The quantitative estimate of drug-likeness (QED) is 0.0725. The van der Waals surface area contributed by atoms with Crippen LogP contribution in [0.15, 0.2) is 36.4 Å². The number of hydrogen-bond donors (Lipinski definition) is 2. The number of amides is 2. The zero-order valence-electron chi connectivity index (χ0n) is 42.9. The number of carbonyl (C=O) groups is 4. The summed E-state index contributed by atoms with van der Waals surface area (Å²) in [5, 5.41) is 20.1. The third-order valence-corrected chi connectivity index (χ3v) is 19.9. The van der Waals surface area contributed by atoms with E-state index in [1.54, 1.807) is 44.2 Å². The van der Waals surface area contributed by atoms with E-state index in [1.165, 1.54) is 31.3 Å². The van der Waals surface area contributed by atoms with Gasteiger partial charge in [-0.1, -0.05) is 91.9 Å². The van der Waals surface area contributed by atoms with E-state index in [9.17, 15) is 24.6 Å². The Morgan fingerprint density at radius 3 is 2.19 bits per heavy atom. The number of piperazine rings is 1. The third kappa shape index (κ3) is 9.35. The topological polar surface area (TPSA) is 134 Å². The van der Waals surface area contributed by atoms with Crippen LogP contribution in [0.2, 0.25) is 0 Å². The van der Waals surface area contributed by atoms with Crippen LogP contribution in [0.4, 0.5) is 0 Å². The van der Waals surface area contributed by atoms with Gasteiger partial charge in [0.25, 0.3) is 0 Å². The van der Waals surface area contributed by atoms with Gasteiger partial charge in [-0.25, -0.2) is 0 Å². The van der Waals surface area contributed by atoms with Gasteiger partial charge in [0.15, 0.2) is 11.5 Å². The predicted molar refractivity (Wildman–Crippen MR) is 264 cm³/mol. The zero-order chi connectivity index (χ0) is 48.7. The highest BCUT2D eigenvalue weighted by molar-refractivity contribution is 5.92. The lowest BCUT2D eigenvalue weighted by Crippen LogP contribution is -2.68. The molecule has 0 bridgehead atoms. The van der Waals surface area contributed by atoms with E-state index in [4.69, 9.17) is 9.47 Å². The van der Waals surface area contributed by atoms with Crippen molar-refractivity contribution in [2.75, 3.05) is 32.8 Å². The van der Waals surface area contributed by atoms with Crippen LogP contribution in [-0.4, -0.2) is 82.7 Å². The molecular weight excluding hydrogens is 841 g/mol. The van der Waals surface area contributed by atoms with Gasteiger partial charge < -0.3 is 29.5 Å². The van der Waals surface area contributed by atoms with Gasteiger partial charge in [-0.05, 0) is 161 Å². The molecule has 0 unspecified atom stereocenters. The first-order chi connectivity index (χ1) is 31.6. The van der Waals surface area contributed by atoms with Crippen molar-refractivity contribution in [1.29, 1.82) is 0 Å². The van der Waals surface area contributed by atoms with Crippen LogP contribution in [0.5, 0.6) is 11.5 Å². The highest BCUT2D eigenvalue weighted by atomic mass is 16.5. The minimum atomic E-state index is -1.17. The maximum Gasteiger partial charge on any atom is 0.309 e. The second-order valence-corrected chi connectivity index (χ2v) is 24.3. The number of nitrogens with zero attached hydrogens (tertiary/aromatic N) is 2. The largest absolute Gasteiger partial charge is 0.504 e. The highest BCUT2D eigenvalue weighted by Crippen LogP contribution is 2.77. The van der Waals surface area contributed by atoms with Crippen molar-refractivity contribution in [1.82, 2.24) is 9.80 Å². The summed E-state index contributed by atoms with van der Waals surface area (Å²) in [6.45, 7) is 27.1. The Labute approximate surface area is 403 Å². The SMILES string of the molecule is C=C(C)[C@@H]1CC[C@]2(C(=O)N3CCN(C(=O)/C=C/c4ccc(O)c(OCCCCCCCC)c4)CC3)CC[C@]3(C)[C@H](CC[C@@H]4[C@@]5(C)CC[C@H](OC(=O)CC(C)(C)C(=O)O)C(C)(C)[C@@H]5CC[C@]43C)[C@@H]12. The number of ether oxygens (including phenoxy) is 2. The maximum absolute atomic E-state index is 15.3. The van der Waals surface area contributed by atoms with Crippen molar-refractivity contribution in [3.63, 3.8) is 0 Å². The monoisotopic (exact) mass is 927 g/mol. The summed E-state index contributed by atoms with van der Waals surface area (Å²) in [6.07, 6.45) is 20.0. The molecule has 2 N–H and O–H groups in total. The van der Waals surface area contributed by atoms with E-state index < -0.39 is 22.8 Å². The summed E-state index contributed by atoms with van der Waals surface area (Å²) >= 11 is 0. The maximum atomic E-state index is 15.3. The molecule has 6 fully saturated rings. The van der Waals surface area contributed by atoms with Crippen LogP contribution in [0.25, 0.3) is 6.08 Å². The third-order valence-electron chi connectivity index (χ3n) is 19.9. The van der Waals surface area contributed by atoms with Crippen LogP contribution >= 0.6 is 0 Å². The van der Waals surface area contributed by atoms with Gasteiger partial charge in [0.2, 0.25) is 11.8 Å². The van der Waals surface area contributed by atoms with Crippen molar-refractivity contribution in [3.05, 3.63) is 42.0 Å². The average Bonchev–Trinajstić information content (AvgIpc) is 3.68. The molecule has 0 radical (unpaired) electrons. The lowest BCUT2D eigenvalue weighted by molar-refractivity contribution is -0.250. The molecule has 10 heteroatoms. The van der Waals surface area contributed by atoms with Crippen LogP contribution in [-0.2, 0) is 23.9 Å². The van der Waals surface area contributed by atoms with Crippen molar-refractivity contribution in [2.24, 2.45) is 62.1 Å². The molecule has 6 aliphatic rings. The first kappa shape index (κ1) is 51.0. The second-order valence-electron chi connectivity index (χ2n) is 24.3. The molecule has 5 saturated carbocycles. The number of phenols is 1. The molecule has 0 spiro atoms. The number of rotatable bonds is 16. The second kappa shape index (κ2) is 19.5. The molecule has 1 heterocycles. The minimum Gasteiger partial charge on any atom is -0.504 e. The number of unbranched alkanes of at least 4 members (excludes halogenated alkanes) is 5. The summed E-state index contributed by atoms with van der Waals surface area (Å²) in [4.78, 5) is 57.8. The fraction of sp³-hybridized carbons (Fsp3) is 0.754. The Balaban J connectivity index is 1.01. The summed E-state index contributed by atoms with van der Waals surface area (Å²) in [5.74, 6) is 1.20. The smallest absolute Gasteiger partial charge is 0.309 e. The lowest BCUT2D eigenvalue weighted by atomic mass is 9.32. The summed E-state index contributed by atoms with van der Waals surface area (Å²) < 4.78 is 12.1. The van der Waals surface area contributed by atoms with E-state index >= 15 is 4.79 Å². The lowest BCUT2D eigenvalue weighted by Gasteiger charge is -2.73. The number of aromatic hydroxyl groups is 1. The molecule has 10 nitrogen and oxygen atoms in total. The molecule has 2 amide bonds. The van der Waals surface area contributed by atoms with Gasteiger partial charge in [0.1, 0.15) is 6.10 Å². The fourth-order valence-corrected chi connectivity index (χ4v) is 15.9. The number of phenolic OH excluding ortho intramolecular Hbond substituents is 1. The number of aliphatic carboxylic acids is 1. The molecule has 1 aromatic carbocycles. The number of hydrogen-bond acceptors (Lipinski definition) is 7. The van der Waals surface area contributed by atoms with Gasteiger partial charge in [-0.2, -0.15) is 0 Å². The summed E-state index contributed by atoms with van der Waals surface area (Å²) in [5.41, 5.74) is 0.380. The van der Waals surface area contributed by atoms with Gasteiger partial charge in [0.05, 0.1) is 23.9 Å².